The SMILES string of the molecule is CCCC(CC(=O)O)Nc1cc(Cl)ccc1C(N)=O. The summed E-state index contributed by atoms with van der Waals surface area (Å²) in [4.78, 5) is 22.1. The quantitative estimate of drug-likeness (QED) is 0.717. The van der Waals surface area contributed by atoms with Gasteiger partial charge in [-0.05, 0) is 24.6 Å². The second-order valence-electron chi connectivity index (χ2n) is 4.28. The van der Waals surface area contributed by atoms with Crippen molar-refractivity contribution < 1.29 is 14.7 Å². The number of carboxylic acids is 1. The number of nitrogens with two attached hydrogens (primary N) is 1. The van der Waals surface area contributed by atoms with Gasteiger partial charge in [0.2, 0.25) is 0 Å². The average molecular weight is 285 g/mol. The lowest BCUT2D eigenvalue weighted by molar-refractivity contribution is -0.137. The van der Waals surface area contributed by atoms with Gasteiger partial charge in [0.15, 0.2) is 0 Å². The Labute approximate surface area is 116 Å². The standard InChI is InChI=1S/C13H17ClN2O3/c1-2-3-9(7-12(17)18)16-11-6-8(14)4-5-10(11)13(15)19/h4-6,9,16H,2-3,7H2,1H3,(H2,15,19)(H,17,18). The van der Waals surface area contributed by atoms with Crippen molar-refractivity contribution in [2.24, 2.45) is 5.73 Å². The average Bonchev–Trinajstić information content (AvgIpc) is 2.27. The van der Waals surface area contributed by atoms with Crippen LogP contribution in [0.25, 0.3) is 0 Å². The van der Waals surface area contributed by atoms with Crippen molar-refractivity contribution in [3.8, 4) is 0 Å². The van der Waals surface area contributed by atoms with Gasteiger partial charge in [-0.25, -0.2) is 0 Å². The minimum Gasteiger partial charge on any atom is -0.481 e. The van der Waals surface area contributed by atoms with E-state index >= 15 is 0 Å². The van der Waals surface area contributed by atoms with Gasteiger partial charge in [0.1, 0.15) is 0 Å². The van der Waals surface area contributed by atoms with Crippen LogP contribution >= 0.6 is 11.6 Å². The summed E-state index contributed by atoms with van der Waals surface area (Å²) in [5.74, 6) is -1.47. The van der Waals surface area contributed by atoms with Crippen molar-refractivity contribution in [2.45, 2.75) is 32.2 Å². The summed E-state index contributed by atoms with van der Waals surface area (Å²) in [6.07, 6.45) is 1.48. The topological polar surface area (TPSA) is 92.4 Å². The first-order valence-corrected chi connectivity index (χ1v) is 6.39. The molecule has 0 bridgehead atoms. The highest BCUT2D eigenvalue weighted by Gasteiger charge is 2.16. The van der Waals surface area contributed by atoms with Crippen LogP contribution in [0.1, 0.15) is 36.5 Å². The monoisotopic (exact) mass is 284 g/mol. The molecule has 19 heavy (non-hydrogen) atoms. The van der Waals surface area contributed by atoms with Crippen molar-refractivity contribution in [3.63, 3.8) is 0 Å². The molecule has 1 rings (SSSR count). The summed E-state index contributed by atoms with van der Waals surface area (Å²) >= 11 is 5.88. The number of carbonyl (C=O) groups excluding carboxylic acids is 1. The van der Waals surface area contributed by atoms with E-state index in [1.807, 2.05) is 6.92 Å². The van der Waals surface area contributed by atoms with E-state index in [0.717, 1.165) is 6.42 Å². The van der Waals surface area contributed by atoms with Crippen LogP contribution in [0.5, 0.6) is 0 Å². The number of nitrogens with one attached hydrogen (secondary N) is 1. The Balaban J connectivity index is 2.96. The molecule has 0 aromatic heterocycles. The number of halogens is 1. The number of hydrogen-bond acceptors (Lipinski definition) is 3. The lowest BCUT2D eigenvalue weighted by Gasteiger charge is -2.19. The Morgan fingerprint density at radius 3 is 2.68 bits per heavy atom. The zero-order chi connectivity index (χ0) is 14.4. The molecule has 1 atom stereocenters. The van der Waals surface area contributed by atoms with E-state index in [9.17, 15) is 9.59 Å². The Morgan fingerprint density at radius 2 is 2.16 bits per heavy atom. The van der Waals surface area contributed by atoms with Crippen LogP contribution in [-0.2, 0) is 4.79 Å². The van der Waals surface area contributed by atoms with Gasteiger partial charge < -0.3 is 16.2 Å². The van der Waals surface area contributed by atoms with E-state index in [1.165, 1.54) is 6.07 Å². The fourth-order valence-corrected chi connectivity index (χ4v) is 2.03. The number of aliphatic carboxylic acids is 1. The maximum absolute atomic E-state index is 11.3. The van der Waals surface area contributed by atoms with Crippen LogP contribution < -0.4 is 11.1 Å². The van der Waals surface area contributed by atoms with Crippen molar-refractivity contribution in [1.29, 1.82) is 0 Å². The Morgan fingerprint density at radius 1 is 1.47 bits per heavy atom. The molecule has 0 fully saturated rings. The van der Waals surface area contributed by atoms with Gasteiger partial charge >= 0.3 is 5.97 Å². The molecule has 1 aromatic rings. The van der Waals surface area contributed by atoms with E-state index < -0.39 is 11.9 Å². The largest absolute Gasteiger partial charge is 0.481 e. The highest BCUT2D eigenvalue weighted by Crippen LogP contribution is 2.23. The molecule has 1 amide bonds. The van der Waals surface area contributed by atoms with Crippen molar-refractivity contribution in [2.75, 3.05) is 5.32 Å². The normalized spacial score (nSPS) is 11.9. The number of primary amides is 1. The van der Waals surface area contributed by atoms with E-state index in [2.05, 4.69) is 5.32 Å². The molecule has 0 heterocycles. The molecule has 0 aliphatic heterocycles. The summed E-state index contributed by atoms with van der Waals surface area (Å²) in [6, 6.07) is 4.40. The molecule has 0 aliphatic carbocycles. The van der Waals surface area contributed by atoms with E-state index in [0.29, 0.717) is 22.7 Å². The molecule has 1 aromatic carbocycles. The van der Waals surface area contributed by atoms with E-state index in [1.54, 1.807) is 12.1 Å². The predicted octanol–water partition coefficient (Wildman–Crippen LogP) is 2.49. The molecule has 0 saturated carbocycles. The molecule has 6 heteroatoms. The van der Waals surface area contributed by atoms with E-state index in [-0.39, 0.29) is 12.5 Å². The van der Waals surface area contributed by atoms with Gasteiger partial charge in [0.05, 0.1) is 12.0 Å². The Hall–Kier alpha value is -1.75. The van der Waals surface area contributed by atoms with Crippen LogP contribution in [0.15, 0.2) is 18.2 Å². The molecule has 1 unspecified atom stereocenters. The minimum absolute atomic E-state index is 0.0292. The summed E-state index contributed by atoms with van der Waals surface area (Å²) in [7, 11) is 0. The smallest absolute Gasteiger partial charge is 0.305 e. The van der Waals surface area contributed by atoms with Crippen molar-refractivity contribution in [1.82, 2.24) is 0 Å². The fourth-order valence-electron chi connectivity index (χ4n) is 1.86. The number of benzene rings is 1. The van der Waals surface area contributed by atoms with Crippen LogP contribution in [0.4, 0.5) is 5.69 Å². The van der Waals surface area contributed by atoms with Crippen LogP contribution in [-0.4, -0.2) is 23.0 Å². The van der Waals surface area contributed by atoms with E-state index in [4.69, 9.17) is 22.4 Å². The Bertz CT molecular complexity index is 477. The van der Waals surface area contributed by atoms with Gasteiger partial charge in [0.25, 0.3) is 5.91 Å². The number of anilines is 1. The van der Waals surface area contributed by atoms with Crippen LogP contribution in [0.3, 0.4) is 0 Å². The Kier molecular flexibility index (Phi) is 5.63. The summed E-state index contributed by atoms with van der Waals surface area (Å²) in [6.45, 7) is 1.96. The molecule has 0 saturated heterocycles. The van der Waals surface area contributed by atoms with Crippen LogP contribution in [0, 0.1) is 0 Å². The lowest BCUT2D eigenvalue weighted by atomic mass is 10.1. The minimum atomic E-state index is -0.895. The lowest BCUT2D eigenvalue weighted by Crippen LogP contribution is -2.25. The molecule has 5 nitrogen and oxygen atoms in total. The van der Waals surface area contributed by atoms with Gasteiger partial charge in [-0.1, -0.05) is 24.9 Å². The third kappa shape index (κ3) is 4.79. The molecule has 104 valence electrons. The first-order chi connectivity index (χ1) is 8.93. The molecule has 0 radical (unpaired) electrons. The number of rotatable bonds is 7. The zero-order valence-electron chi connectivity index (χ0n) is 10.6. The highest BCUT2D eigenvalue weighted by atomic mass is 35.5. The molecule has 4 N–H and O–H groups in total. The maximum Gasteiger partial charge on any atom is 0.305 e. The van der Waals surface area contributed by atoms with Crippen LogP contribution in [0.2, 0.25) is 5.02 Å². The number of amides is 1. The second kappa shape index (κ2) is 6.99. The zero-order valence-corrected chi connectivity index (χ0v) is 11.4. The maximum atomic E-state index is 11.3. The molecular formula is C13H17ClN2O3. The third-order valence-electron chi connectivity index (χ3n) is 2.66. The number of carboxylic acid groups (broad SMARTS) is 1. The van der Waals surface area contributed by atoms with Crippen molar-refractivity contribution >= 4 is 29.2 Å². The first-order valence-electron chi connectivity index (χ1n) is 6.01. The molecule has 0 aliphatic rings. The summed E-state index contributed by atoms with van der Waals surface area (Å²) in [5.41, 5.74) is 6.05. The van der Waals surface area contributed by atoms with Gasteiger partial charge in [-0.2, -0.15) is 0 Å². The molecular weight excluding hydrogens is 268 g/mol. The fraction of sp³-hybridized carbons (Fsp3) is 0.385. The second-order valence-corrected chi connectivity index (χ2v) is 4.72. The third-order valence-corrected chi connectivity index (χ3v) is 2.90. The van der Waals surface area contributed by atoms with Gasteiger partial charge in [0, 0.05) is 16.8 Å². The predicted molar refractivity (Wildman–Crippen MR) is 74.5 cm³/mol. The van der Waals surface area contributed by atoms with Gasteiger partial charge in [-0.15, -0.1) is 0 Å². The molecule has 0 spiro atoms. The number of hydrogen-bond donors (Lipinski definition) is 3. The summed E-state index contributed by atoms with van der Waals surface area (Å²) in [5, 5.41) is 12.4. The summed E-state index contributed by atoms with van der Waals surface area (Å²) < 4.78 is 0. The van der Waals surface area contributed by atoms with Crippen molar-refractivity contribution in [3.05, 3.63) is 28.8 Å². The highest BCUT2D eigenvalue weighted by molar-refractivity contribution is 6.31. The van der Waals surface area contributed by atoms with Gasteiger partial charge in [-0.3, -0.25) is 9.59 Å². The number of carbonyl (C=O) groups is 2. The first kappa shape index (κ1) is 15.3.